The van der Waals surface area contributed by atoms with E-state index < -0.39 is 0 Å². The van der Waals surface area contributed by atoms with Crippen molar-refractivity contribution in [1.29, 1.82) is 0 Å². The van der Waals surface area contributed by atoms with Crippen molar-refractivity contribution in [3.8, 4) is 0 Å². The lowest BCUT2D eigenvalue weighted by Gasteiger charge is -2.35. The zero-order chi connectivity index (χ0) is 16.0. The molecule has 1 fully saturated rings. The van der Waals surface area contributed by atoms with Crippen molar-refractivity contribution in [1.82, 2.24) is 24.5 Å². The van der Waals surface area contributed by atoms with Gasteiger partial charge in [-0.3, -0.25) is 9.78 Å². The van der Waals surface area contributed by atoms with Crippen LogP contribution in [0.1, 0.15) is 40.8 Å². The second-order valence-electron chi connectivity index (χ2n) is 6.09. The number of nitrogens with zero attached hydrogens (tertiary/aromatic N) is 5. The van der Waals surface area contributed by atoms with Crippen LogP contribution in [0.3, 0.4) is 0 Å². The van der Waals surface area contributed by atoms with Crippen LogP contribution in [0.25, 0.3) is 5.65 Å². The van der Waals surface area contributed by atoms with Crippen LogP contribution in [-0.4, -0.2) is 36.9 Å². The molecule has 3 aromatic heterocycles. The third-order valence-electron chi connectivity index (χ3n) is 4.56. The maximum absolute atomic E-state index is 12.9. The Kier molecular flexibility index (Phi) is 3.19. The van der Waals surface area contributed by atoms with E-state index in [0.717, 1.165) is 36.4 Å². The summed E-state index contributed by atoms with van der Waals surface area (Å²) in [7, 11) is 0. The van der Waals surface area contributed by atoms with Gasteiger partial charge in [-0.25, -0.2) is 9.50 Å². The zero-order valence-corrected chi connectivity index (χ0v) is 13.9. The molecule has 0 N–H and O–H groups in total. The molecule has 118 valence electrons. The highest BCUT2D eigenvalue weighted by Gasteiger charge is 2.43. The van der Waals surface area contributed by atoms with Crippen LogP contribution in [0.15, 0.2) is 30.0 Å². The molecular weight excluding hydrogens is 310 g/mol. The van der Waals surface area contributed by atoms with Gasteiger partial charge in [-0.1, -0.05) is 0 Å². The van der Waals surface area contributed by atoms with Gasteiger partial charge >= 0.3 is 0 Å². The molecule has 1 aliphatic heterocycles. The second-order valence-corrected chi connectivity index (χ2v) is 6.97. The molecule has 4 rings (SSSR count). The summed E-state index contributed by atoms with van der Waals surface area (Å²) >= 11 is 1.38. The molecule has 0 saturated carbocycles. The Bertz CT molecular complexity index is 872. The minimum Gasteiger partial charge on any atom is -0.327 e. The van der Waals surface area contributed by atoms with Gasteiger partial charge in [-0.05, 0) is 32.8 Å². The molecule has 0 radical (unpaired) electrons. The van der Waals surface area contributed by atoms with Crippen molar-refractivity contribution < 1.29 is 4.79 Å². The van der Waals surface area contributed by atoms with E-state index in [-0.39, 0.29) is 11.4 Å². The lowest BCUT2D eigenvalue weighted by Crippen LogP contribution is -2.43. The molecule has 0 aliphatic carbocycles. The van der Waals surface area contributed by atoms with E-state index in [1.807, 2.05) is 28.5 Å². The molecule has 4 heterocycles. The normalized spacial score (nSPS) is 21.2. The molecule has 0 unspecified atom stereocenters. The fraction of sp³-hybridized carbons (Fsp3) is 0.375. The Morgan fingerprint density at radius 2 is 2.30 bits per heavy atom. The van der Waals surface area contributed by atoms with E-state index in [1.165, 1.54) is 11.3 Å². The molecule has 3 aromatic rings. The first-order valence-electron chi connectivity index (χ1n) is 7.62. The first-order valence-corrected chi connectivity index (χ1v) is 8.50. The van der Waals surface area contributed by atoms with Gasteiger partial charge in [0, 0.05) is 18.8 Å². The highest BCUT2D eigenvalue weighted by atomic mass is 32.1. The summed E-state index contributed by atoms with van der Waals surface area (Å²) in [5, 5.41) is 4.57. The molecule has 1 amide bonds. The molecular formula is C16H17N5OS. The summed E-state index contributed by atoms with van der Waals surface area (Å²) < 4.78 is 1.87. The number of amides is 1. The number of hydrogen-bond donors (Lipinski definition) is 0. The average molecular weight is 327 g/mol. The first-order chi connectivity index (χ1) is 11.1. The number of rotatable bonds is 2. The smallest absolute Gasteiger partial charge is 0.266 e. The van der Waals surface area contributed by atoms with Gasteiger partial charge in [0.15, 0.2) is 5.65 Å². The molecule has 1 aliphatic rings. The number of likely N-dealkylation sites (tertiary alicyclic amines) is 1. The summed E-state index contributed by atoms with van der Waals surface area (Å²) in [4.78, 5) is 23.9. The lowest BCUT2D eigenvalue weighted by molar-refractivity contribution is 0.0613. The predicted octanol–water partition coefficient (Wildman–Crippen LogP) is 2.65. The third-order valence-corrected chi connectivity index (χ3v) is 5.32. The number of aryl methyl sites for hydroxylation is 1. The van der Waals surface area contributed by atoms with E-state index >= 15 is 0 Å². The van der Waals surface area contributed by atoms with Crippen LogP contribution in [0.2, 0.25) is 0 Å². The summed E-state index contributed by atoms with van der Waals surface area (Å²) in [5.41, 5.74) is 4.05. The Hall–Kier alpha value is -2.28. The summed E-state index contributed by atoms with van der Waals surface area (Å²) in [6.45, 7) is 4.82. The van der Waals surface area contributed by atoms with Crippen molar-refractivity contribution in [3.05, 3.63) is 46.3 Å². The molecule has 1 atom stereocenters. The van der Waals surface area contributed by atoms with Gasteiger partial charge in [-0.2, -0.15) is 5.10 Å². The van der Waals surface area contributed by atoms with E-state index in [9.17, 15) is 4.79 Å². The zero-order valence-electron chi connectivity index (χ0n) is 13.1. The van der Waals surface area contributed by atoms with Gasteiger partial charge in [0.1, 0.15) is 4.88 Å². The van der Waals surface area contributed by atoms with Crippen molar-refractivity contribution >= 4 is 22.9 Å². The van der Waals surface area contributed by atoms with Gasteiger partial charge in [-0.15, -0.1) is 11.3 Å². The quantitative estimate of drug-likeness (QED) is 0.726. The summed E-state index contributed by atoms with van der Waals surface area (Å²) in [5.74, 6) is 0.0429. The topological polar surface area (TPSA) is 63.4 Å². The minimum atomic E-state index is -0.388. The monoisotopic (exact) mass is 327 g/mol. The van der Waals surface area contributed by atoms with Crippen molar-refractivity contribution in [3.63, 3.8) is 0 Å². The number of thiazole rings is 1. The highest BCUT2D eigenvalue weighted by Crippen LogP contribution is 2.39. The van der Waals surface area contributed by atoms with E-state index in [2.05, 4.69) is 22.0 Å². The van der Waals surface area contributed by atoms with E-state index in [0.29, 0.717) is 4.88 Å². The molecule has 6 nitrogen and oxygen atoms in total. The molecule has 0 spiro atoms. The second kappa shape index (κ2) is 5.13. The summed E-state index contributed by atoms with van der Waals surface area (Å²) in [6.07, 6.45) is 5.33. The number of fused-ring (bicyclic) bond motifs is 1. The van der Waals surface area contributed by atoms with Crippen LogP contribution in [0.4, 0.5) is 0 Å². The van der Waals surface area contributed by atoms with Gasteiger partial charge in [0.2, 0.25) is 0 Å². The number of hydrogen-bond acceptors (Lipinski definition) is 5. The van der Waals surface area contributed by atoms with Crippen molar-refractivity contribution in [2.24, 2.45) is 0 Å². The lowest BCUT2D eigenvalue weighted by atomic mass is 9.94. The maximum Gasteiger partial charge on any atom is 0.266 e. The van der Waals surface area contributed by atoms with Gasteiger partial charge < -0.3 is 4.90 Å². The van der Waals surface area contributed by atoms with Crippen LogP contribution in [0, 0.1) is 6.92 Å². The predicted molar refractivity (Wildman–Crippen MR) is 87.5 cm³/mol. The SMILES string of the molecule is Cc1cc2nccc([C@@]3(C)CCCN3C(=O)c3cncs3)n2n1. The van der Waals surface area contributed by atoms with Crippen molar-refractivity contribution in [2.45, 2.75) is 32.2 Å². The van der Waals surface area contributed by atoms with Crippen LogP contribution >= 0.6 is 11.3 Å². The van der Waals surface area contributed by atoms with E-state index in [1.54, 1.807) is 17.9 Å². The third kappa shape index (κ3) is 2.15. The molecule has 0 bridgehead atoms. The highest BCUT2D eigenvalue weighted by molar-refractivity contribution is 7.11. The largest absolute Gasteiger partial charge is 0.327 e. The average Bonchev–Trinajstić information content (AvgIpc) is 3.24. The Morgan fingerprint density at radius 1 is 1.43 bits per heavy atom. The molecule has 7 heteroatoms. The number of aromatic nitrogens is 4. The Morgan fingerprint density at radius 3 is 3.09 bits per heavy atom. The fourth-order valence-corrected chi connectivity index (χ4v) is 4.00. The van der Waals surface area contributed by atoms with Crippen LogP contribution in [0.5, 0.6) is 0 Å². The number of carbonyl (C=O) groups excluding carboxylic acids is 1. The van der Waals surface area contributed by atoms with Crippen molar-refractivity contribution in [2.75, 3.05) is 6.54 Å². The van der Waals surface area contributed by atoms with E-state index in [4.69, 9.17) is 0 Å². The van der Waals surface area contributed by atoms with Gasteiger partial charge in [0.25, 0.3) is 5.91 Å². The summed E-state index contributed by atoms with van der Waals surface area (Å²) in [6, 6.07) is 3.93. The fourth-order valence-electron chi connectivity index (χ4n) is 3.43. The van der Waals surface area contributed by atoms with Crippen LogP contribution < -0.4 is 0 Å². The van der Waals surface area contributed by atoms with Crippen LogP contribution in [-0.2, 0) is 5.54 Å². The minimum absolute atomic E-state index is 0.0429. The Balaban J connectivity index is 1.83. The number of carbonyl (C=O) groups is 1. The maximum atomic E-state index is 12.9. The molecule has 23 heavy (non-hydrogen) atoms. The molecule has 0 aromatic carbocycles. The van der Waals surface area contributed by atoms with Gasteiger partial charge in [0.05, 0.1) is 28.6 Å². The first kappa shape index (κ1) is 14.3. The Labute approximate surface area is 137 Å². The molecule has 1 saturated heterocycles. The standard InChI is InChI=1S/C16H17N5OS/c1-11-8-14-18-6-4-13(21(14)19-11)16(2)5-3-7-20(16)15(22)12-9-17-10-23-12/h4,6,8-10H,3,5,7H2,1-2H3/t16-/m1/s1.